The number of hydrogen-bond donors (Lipinski definition) is 2. The molecule has 1 aromatic heterocycles. The monoisotopic (exact) mass is 251 g/mol. The van der Waals surface area contributed by atoms with Gasteiger partial charge in [-0.3, -0.25) is 9.78 Å². The molecule has 0 saturated heterocycles. The zero-order chi connectivity index (χ0) is 14.0. The molecule has 4 heteroatoms. The maximum atomic E-state index is 11.5. The van der Waals surface area contributed by atoms with Crippen molar-refractivity contribution in [1.82, 2.24) is 15.6 Å². The molecule has 0 aliphatic heterocycles. The standard InChI is InChI=1S/C12H18N2O.C2H7N/c1-12(2,3)11(15)14-8-6-10-5-4-7-13-9-10;1-3-2/h4-5,7,9H,6,8H2,1-3H3,(H,14,15);3H,1-2H3. The summed E-state index contributed by atoms with van der Waals surface area (Å²) in [5.74, 6) is 0.0893. The summed E-state index contributed by atoms with van der Waals surface area (Å²) >= 11 is 0. The van der Waals surface area contributed by atoms with E-state index in [1.165, 1.54) is 0 Å². The predicted molar refractivity (Wildman–Crippen MR) is 75.4 cm³/mol. The number of hydrogen-bond acceptors (Lipinski definition) is 3. The van der Waals surface area contributed by atoms with Crippen LogP contribution in [0.5, 0.6) is 0 Å². The van der Waals surface area contributed by atoms with E-state index >= 15 is 0 Å². The fraction of sp³-hybridized carbons (Fsp3) is 0.571. The van der Waals surface area contributed by atoms with Gasteiger partial charge in [0.15, 0.2) is 0 Å². The largest absolute Gasteiger partial charge is 0.355 e. The van der Waals surface area contributed by atoms with Crippen molar-refractivity contribution in [3.8, 4) is 0 Å². The Morgan fingerprint density at radius 1 is 1.33 bits per heavy atom. The Balaban J connectivity index is 0.000000873. The molecule has 1 heterocycles. The third-order valence-electron chi connectivity index (χ3n) is 2.10. The molecule has 18 heavy (non-hydrogen) atoms. The smallest absolute Gasteiger partial charge is 0.225 e. The van der Waals surface area contributed by atoms with Crippen molar-refractivity contribution >= 4 is 5.91 Å². The summed E-state index contributed by atoms with van der Waals surface area (Å²) in [6.07, 6.45) is 4.40. The first-order chi connectivity index (χ1) is 8.41. The lowest BCUT2D eigenvalue weighted by Gasteiger charge is -2.17. The molecule has 0 aromatic carbocycles. The van der Waals surface area contributed by atoms with E-state index in [0.29, 0.717) is 6.54 Å². The number of rotatable bonds is 3. The predicted octanol–water partition coefficient (Wildman–Crippen LogP) is 1.62. The molecule has 102 valence electrons. The van der Waals surface area contributed by atoms with Gasteiger partial charge < -0.3 is 10.6 Å². The third-order valence-corrected chi connectivity index (χ3v) is 2.10. The van der Waals surface area contributed by atoms with Gasteiger partial charge >= 0.3 is 0 Å². The van der Waals surface area contributed by atoms with Crippen LogP contribution in [0.1, 0.15) is 26.3 Å². The molecule has 1 rings (SSSR count). The highest BCUT2D eigenvalue weighted by molar-refractivity contribution is 5.81. The van der Waals surface area contributed by atoms with Gasteiger partial charge in [-0.2, -0.15) is 0 Å². The van der Waals surface area contributed by atoms with Gasteiger partial charge in [0.05, 0.1) is 0 Å². The van der Waals surface area contributed by atoms with Crippen LogP contribution in [-0.4, -0.2) is 31.5 Å². The number of nitrogens with one attached hydrogen (secondary N) is 2. The normalized spacial score (nSPS) is 10.3. The lowest BCUT2D eigenvalue weighted by atomic mass is 9.96. The van der Waals surface area contributed by atoms with Crippen LogP contribution in [0.2, 0.25) is 0 Å². The summed E-state index contributed by atoms with van der Waals surface area (Å²) in [6, 6.07) is 3.91. The highest BCUT2D eigenvalue weighted by Crippen LogP contribution is 2.12. The molecule has 0 bridgehead atoms. The van der Waals surface area contributed by atoms with Crippen LogP contribution < -0.4 is 10.6 Å². The molecular formula is C14H25N3O. The van der Waals surface area contributed by atoms with E-state index in [-0.39, 0.29) is 11.3 Å². The van der Waals surface area contributed by atoms with E-state index in [4.69, 9.17) is 0 Å². The van der Waals surface area contributed by atoms with Crippen LogP contribution in [0.3, 0.4) is 0 Å². The number of carbonyl (C=O) groups excluding carboxylic acids is 1. The van der Waals surface area contributed by atoms with Gasteiger partial charge in [0.25, 0.3) is 0 Å². The Bertz CT molecular complexity index is 331. The highest BCUT2D eigenvalue weighted by atomic mass is 16.2. The van der Waals surface area contributed by atoms with Crippen molar-refractivity contribution < 1.29 is 4.79 Å². The topological polar surface area (TPSA) is 54.0 Å². The molecule has 0 aliphatic rings. The number of pyridine rings is 1. The Morgan fingerprint density at radius 3 is 2.39 bits per heavy atom. The minimum Gasteiger partial charge on any atom is -0.355 e. The molecule has 0 saturated carbocycles. The fourth-order valence-corrected chi connectivity index (χ4v) is 1.13. The molecule has 0 radical (unpaired) electrons. The van der Waals surface area contributed by atoms with Crippen LogP contribution in [0, 0.1) is 5.41 Å². The summed E-state index contributed by atoms with van der Waals surface area (Å²) in [7, 11) is 3.75. The number of amides is 1. The van der Waals surface area contributed by atoms with Gasteiger partial charge in [-0.25, -0.2) is 0 Å². The van der Waals surface area contributed by atoms with E-state index in [1.807, 2.05) is 53.2 Å². The van der Waals surface area contributed by atoms with E-state index in [1.54, 1.807) is 6.20 Å². The molecule has 1 aromatic rings. The Kier molecular flexibility index (Phi) is 7.96. The lowest BCUT2D eigenvalue weighted by Crippen LogP contribution is -2.35. The molecule has 0 unspecified atom stereocenters. The van der Waals surface area contributed by atoms with Gasteiger partial charge in [0.2, 0.25) is 5.91 Å². The molecule has 0 atom stereocenters. The first-order valence-electron chi connectivity index (χ1n) is 6.17. The van der Waals surface area contributed by atoms with Crippen LogP contribution >= 0.6 is 0 Å². The summed E-state index contributed by atoms with van der Waals surface area (Å²) in [4.78, 5) is 15.5. The second-order valence-electron chi connectivity index (χ2n) is 5.12. The third kappa shape index (κ3) is 7.79. The number of carbonyl (C=O) groups is 1. The van der Waals surface area contributed by atoms with Crippen molar-refractivity contribution in [2.45, 2.75) is 27.2 Å². The van der Waals surface area contributed by atoms with Gasteiger partial charge in [-0.1, -0.05) is 26.8 Å². The summed E-state index contributed by atoms with van der Waals surface area (Å²) in [5.41, 5.74) is 0.835. The summed E-state index contributed by atoms with van der Waals surface area (Å²) in [6.45, 7) is 6.40. The Morgan fingerprint density at radius 2 is 1.94 bits per heavy atom. The van der Waals surface area contributed by atoms with E-state index in [9.17, 15) is 4.79 Å². The van der Waals surface area contributed by atoms with Crippen molar-refractivity contribution in [2.24, 2.45) is 5.41 Å². The summed E-state index contributed by atoms with van der Waals surface area (Å²) in [5, 5.41) is 5.65. The van der Waals surface area contributed by atoms with Crippen molar-refractivity contribution in [1.29, 1.82) is 0 Å². The van der Waals surface area contributed by atoms with Crippen molar-refractivity contribution in [3.05, 3.63) is 30.1 Å². The molecule has 1 amide bonds. The van der Waals surface area contributed by atoms with Crippen LogP contribution in [0.4, 0.5) is 0 Å². The van der Waals surface area contributed by atoms with E-state index < -0.39 is 0 Å². The van der Waals surface area contributed by atoms with Crippen molar-refractivity contribution in [2.75, 3.05) is 20.6 Å². The zero-order valence-electron chi connectivity index (χ0n) is 12.1. The van der Waals surface area contributed by atoms with E-state index in [0.717, 1.165) is 12.0 Å². The molecular weight excluding hydrogens is 226 g/mol. The molecule has 0 fully saturated rings. The Hall–Kier alpha value is -1.42. The van der Waals surface area contributed by atoms with Gasteiger partial charge in [-0.15, -0.1) is 0 Å². The minimum absolute atomic E-state index is 0.0893. The maximum Gasteiger partial charge on any atom is 0.225 e. The number of nitrogens with zero attached hydrogens (tertiary/aromatic N) is 1. The zero-order valence-corrected chi connectivity index (χ0v) is 12.1. The van der Waals surface area contributed by atoms with Gasteiger partial charge in [0, 0.05) is 24.4 Å². The lowest BCUT2D eigenvalue weighted by molar-refractivity contribution is -0.128. The number of aromatic nitrogens is 1. The Labute approximate surface area is 110 Å². The van der Waals surface area contributed by atoms with Crippen LogP contribution in [0.25, 0.3) is 0 Å². The molecule has 0 spiro atoms. The van der Waals surface area contributed by atoms with Crippen LogP contribution in [-0.2, 0) is 11.2 Å². The average molecular weight is 251 g/mol. The highest BCUT2D eigenvalue weighted by Gasteiger charge is 2.20. The minimum atomic E-state index is -0.311. The maximum absolute atomic E-state index is 11.5. The molecule has 4 nitrogen and oxygen atoms in total. The second-order valence-corrected chi connectivity index (χ2v) is 5.12. The van der Waals surface area contributed by atoms with Crippen molar-refractivity contribution in [3.63, 3.8) is 0 Å². The average Bonchev–Trinajstić information content (AvgIpc) is 2.30. The SMILES string of the molecule is CC(C)(C)C(=O)NCCc1cccnc1.CNC. The molecule has 0 aliphatic carbocycles. The van der Waals surface area contributed by atoms with Gasteiger partial charge in [0.1, 0.15) is 0 Å². The summed E-state index contributed by atoms with van der Waals surface area (Å²) < 4.78 is 0. The molecule has 2 N–H and O–H groups in total. The van der Waals surface area contributed by atoms with Gasteiger partial charge in [-0.05, 0) is 32.1 Å². The second kappa shape index (κ2) is 8.64. The fourth-order valence-electron chi connectivity index (χ4n) is 1.13. The first kappa shape index (κ1) is 16.6. The first-order valence-corrected chi connectivity index (χ1v) is 6.17. The van der Waals surface area contributed by atoms with Crippen LogP contribution in [0.15, 0.2) is 24.5 Å². The quantitative estimate of drug-likeness (QED) is 0.858. The van der Waals surface area contributed by atoms with E-state index in [2.05, 4.69) is 15.6 Å².